The van der Waals surface area contributed by atoms with Gasteiger partial charge in [0.25, 0.3) is 0 Å². The highest BCUT2D eigenvalue weighted by Gasteiger charge is 2.30. The van der Waals surface area contributed by atoms with E-state index in [0.29, 0.717) is 17.4 Å². The Hall–Kier alpha value is -1.88. The average Bonchev–Trinajstić information content (AvgIpc) is 3.18. The predicted molar refractivity (Wildman–Crippen MR) is 71.4 cm³/mol. The van der Waals surface area contributed by atoms with E-state index in [4.69, 9.17) is 17.3 Å². The van der Waals surface area contributed by atoms with Crippen molar-refractivity contribution in [3.05, 3.63) is 41.5 Å². The molecule has 1 aromatic heterocycles. The Morgan fingerprint density at radius 1 is 1.32 bits per heavy atom. The van der Waals surface area contributed by atoms with Gasteiger partial charge in [0.05, 0.1) is 5.88 Å². The number of hydrogen-bond acceptors (Lipinski definition) is 3. The molecular weight excluding hydrogens is 264 g/mol. The van der Waals surface area contributed by atoms with E-state index in [2.05, 4.69) is 10.2 Å². The van der Waals surface area contributed by atoms with Gasteiger partial charge in [-0.25, -0.2) is 0 Å². The van der Waals surface area contributed by atoms with Crippen molar-refractivity contribution in [3.63, 3.8) is 0 Å². The summed E-state index contributed by atoms with van der Waals surface area (Å²) in [6, 6.07) is 7.08. The Labute approximate surface area is 115 Å². The zero-order valence-electron chi connectivity index (χ0n) is 10.2. The highest BCUT2D eigenvalue weighted by Crippen LogP contribution is 2.40. The molecule has 6 heteroatoms. The lowest BCUT2D eigenvalue weighted by molar-refractivity contribution is 0.100. The van der Waals surface area contributed by atoms with Crippen LogP contribution in [0.25, 0.3) is 5.69 Å². The van der Waals surface area contributed by atoms with E-state index in [1.54, 1.807) is 12.1 Å². The topological polar surface area (TPSA) is 73.8 Å². The molecule has 1 aromatic carbocycles. The number of benzene rings is 1. The van der Waals surface area contributed by atoms with Crippen LogP contribution in [0.15, 0.2) is 24.3 Å². The van der Waals surface area contributed by atoms with Gasteiger partial charge in [0.2, 0.25) is 5.91 Å². The van der Waals surface area contributed by atoms with Crippen LogP contribution in [0.3, 0.4) is 0 Å². The molecule has 0 spiro atoms. The molecule has 1 aliphatic carbocycles. The van der Waals surface area contributed by atoms with Crippen molar-refractivity contribution in [3.8, 4) is 5.69 Å². The number of nitrogens with zero attached hydrogens (tertiary/aromatic N) is 3. The fourth-order valence-electron chi connectivity index (χ4n) is 2.08. The van der Waals surface area contributed by atoms with E-state index in [-0.39, 0.29) is 0 Å². The smallest absolute Gasteiger partial charge is 0.248 e. The largest absolute Gasteiger partial charge is 0.366 e. The number of amides is 1. The van der Waals surface area contributed by atoms with Gasteiger partial charge in [0, 0.05) is 17.2 Å². The molecule has 2 N–H and O–H groups in total. The van der Waals surface area contributed by atoms with Crippen LogP contribution in [0.5, 0.6) is 0 Å². The van der Waals surface area contributed by atoms with Gasteiger partial charge >= 0.3 is 0 Å². The van der Waals surface area contributed by atoms with E-state index in [1.165, 1.54) is 0 Å². The first-order valence-corrected chi connectivity index (χ1v) is 6.64. The van der Waals surface area contributed by atoms with Gasteiger partial charge in [0.15, 0.2) is 5.82 Å². The molecule has 1 fully saturated rings. The van der Waals surface area contributed by atoms with E-state index < -0.39 is 5.91 Å². The van der Waals surface area contributed by atoms with Crippen LogP contribution >= 0.6 is 11.6 Å². The number of nitrogens with two attached hydrogens (primary N) is 1. The van der Waals surface area contributed by atoms with Gasteiger partial charge in [0.1, 0.15) is 5.82 Å². The van der Waals surface area contributed by atoms with E-state index in [9.17, 15) is 4.79 Å². The van der Waals surface area contributed by atoms with Gasteiger partial charge in [-0.05, 0) is 37.1 Å². The number of carbonyl (C=O) groups is 1. The second kappa shape index (κ2) is 4.66. The van der Waals surface area contributed by atoms with Gasteiger partial charge in [-0.15, -0.1) is 21.8 Å². The highest BCUT2D eigenvalue weighted by atomic mass is 35.5. The van der Waals surface area contributed by atoms with Crippen molar-refractivity contribution in [2.24, 2.45) is 5.73 Å². The molecule has 98 valence electrons. The van der Waals surface area contributed by atoms with Crippen LogP contribution in [-0.2, 0) is 5.88 Å². The molecule has 0 unspecified atom stereocenters. The van der Waals surface area contributed by atoms with E-state index in [0.717, 1.165) is 30.2 Å². The van der Waals surface area contributed by atoms with Crippen LogP contribution in [0, 0.1) is 0 Å². The molecule has 1 saturated carbocycles. The lowest BCUT2D eigenvalue weighted by atomic mass is 10.2. The van der Waals surface area contributed by atoms with Crippen molar-refractivity contribution >= 4 is 17.5 Å². The third-order valence-corrected chi connectivity index (χ3v) is 3.47. The maximum absolute atomic E-state index is 11.1. The molecule has 0 bridgehead atoms. The molecular formula is C13H13ClN4O. The number of carbonyl (C=O) groups excluding carboxylic acids is 1. The van der Waals surface area contributed by atoms with Crippen LogP contribution < -0.4 is 5.73 Å². The van der Waals surface area contributed by atoms with Crippen molar-refractivity contribution in [1.82, 2.24) is 14.8 Å². The molecule has 0 aliphatic heterocycles. The Bertz CT molecular complexity index is 616. The normalized spacial score (nSPS) is 14.6. The quantitative estimate of drug-likeness (QED) is 0.868. The first kappa shape index (κ1) is 12.2. The summed E-state index contributed by atoms with van der Waals surface area (Å²) in [6.07, 6.45) is 2.28. The summed E-state index contributed by atoms with van der Waals surface area (Å²) < 4.78 is 1.97. The summed E-state index contributed by atoms with van der Waals surface area (Å²) in [7, 11) is 0. The number of halogens is 1. The van der Waals surface area contributed by atoms with Crippen molar-refractivity contribution in [1.29, 1.82) is 0 Å². The van der Waals surface area contributed by atoms with Gasteiger partial charge in [-0.3, -0.25) is 9.36 Å². The first-order valence-electron chi connectivity index (χ1n) is 6.11. The van der Waals surface area contributed by atoms with Crippen LogP contribution in [0.2, 0.25) is 0 Å². The average molecular weight is 277 g/mol. The fraction of sp³-hybridized carbons (Fsp3) is 0.308. The number of rotatable bonds is 4. The molecule has 3 rings (SSSR count). The van der Waals surface area contributed by atoms with Gasteiger partial charge in [-0.1, -0.05) is 0 Å². The molecule has 0 radical (unpaired) electrons. The second-order valence-electron chi connectivity index (χ2n) is 4.63. The third-order valence-electron chi connectivity index (χ3n) is 3.23. The minimum absolute atomic E-state index is 0.303. The summed E-state index contributed by atoms with van der Waals surface area (Å²) in [4.78, 5) is 11.1. The van der Waals surface area contributed by atoms with Crippen LogP contribution in [0.1, 0.15) is 40.8 Å². The van der Waals surface area contributed by atoms with Gasteiger partial charge < -0.3 is 5.73 Å². The zero-order valence-corrected chi connectivity index (χ0v) is 11.0. The molecule has 1 amide bonds. The van der Waals surface area contributed by atoms with Crippen molar-refractivity contribution in [2.45, 2.75) is 24.6 Å². The summed E-state index contributed by atoms with van der Waals surface area (Å²) in [5.74, 6) is 2.01. The molecule has 0 atom stereocenters. The molecule has 2 aromatic rings. The third kappa shape index (κ3) is 2.21. The van der Waals surface area contributed by atoms with Gasteiger partial charge in [-0.2, -0.15) is 0 Å². The standard InChI is InChI=1S/C13H13ClN4O/c14-7-11-16-17-13(9-1-2-9)18(11)10-5-3-8(4-6-10)12(15)19/h3-6,9H,1-2,7H2,(H2,15,19). The number of hydrogen-bond donors (Lipinski definition) is 1. The maximum Gasteiger partial charge on any atom is 0.248 e. The lowest BCUT2D eigenvalue weighted by Crippen LogP contribution is -2.11. The number of alkyl halides is 1. The summed E-state index contributed by atoms with van der Waals surface area (Å²) in [6.45, 7) is 0. The van der Waals surface area contributed by atoms with Crippen LogP contribution in [-0.4, -0.2) is 20.7 Å². The molecule has 1 heterocycles. The monoisotopic (exact) mass is 276 g/mol. The Morgan fingerprint density at radius 3 is 2.53 bits per heavy atom. The molecule has 0 saturated heterocycles. The van der Waals surface area contributed by atoms with Crippen molar-refractivity contribution < 1.29 is 4.79 Å². The van der Waals surface area contributed by atoms with E-state index in [1.807, 2.05) is 16.7 Å². The minimum atomic E-state index is -0.435. The fourth-order valence-corrected chi connectivity index (χ4v) is 2.25. The summed E-state index contributed by atoms with van der Waals surface area (Å²) in [5, 5.41) is 8.34. The minimum Gasteiger partial charge on any atom is -0.366 e. The maximum atomic E-state index is 11.1. The SMILES string of the molecule is NC(=O)c1ccc(-n2c(CCl)nnc2C2CC2)cc1. The Balaban J connectivity index is 2.04. The lowest BCUT2D eigenvalue weighted by Gasteiger charge is -2.09. The molecule has 1 aliphatic rings. The first-order chi connectivity index (χ1) is 9.20. The van der Waals surface area contributed by atoms with E-state index >= 15 is 0 Å². The van der Waals surface area contributed by atoms with Crippen molar-refractivity contribution in [2.75, 3.05) is 0 Å². The molecule has 5 nitrogen and oxygen atoms in total. The highest BCUT2D eigenvalue weighted by molar-refractivity contribution is 6.16. The Kier molecular flexibility index (Phi) is 2.98. The Morgan fingerprint density at radius 2 is 2.00 bits per heavy atom. The number of primary amides is 1. The zero-order chi connectivity index (χ0) is 13.4. The summed E-state index contributed by atoms with van der Waals surface area (Å²) >= 11 is 5.90. The number of aromatic nitrogens is 3. The summed E-state index contributed by atoms with van der Waals surface area (Å²) in [5.41, 5.74) is 6.63. The predicted octanol–water partition coefficient (Wildman–Crippen LogP) is 1.98. The molecule has 19 heavy (non-hydrogen) atoms. The van der Waals surface area contributed by atoms with Crippen LogP contribution in [0.4, 0.5) is 0 Å². The second-order valence-corrected chi connectivity index (χ2v) is 4.90.